The van der Waals surface area contributed by atoms with Gasteiger partial charge < -0.3 is 19.9 Å². The molecule has 0 saturated carbocycles. The summed E-state index contributed by atoms with van der Waals surface area (Å²) < 4.78 is 5.12. The van der Waals surface area contributed by atoms with Crippen LogP contribution < -0.4 is 10.9 Å². The van der Waals surface area contributed by atoms with Gasteiger partial charge in [0.15, 0.2) is 5.11 Å². The second kappa shape index (κ2) is 7.19. The molecule has 6 heteroatoms. The van der Waals surface area contributed by atoms with Crippen LogP contribution >= 0.6 is 12.2 Å². The number of aromatic amines is 1. The molecule has 0 aliphatic rings. The van der Waals surface area contributed by atoms with Crippen LogP contribution in [0.15, 0.2) is 35.1 Å². The second-order valence-corrected chi connectivity index (χ2v) is 5.06. The zero-order chi connectivity index (χ0) is 15.2. The average molecular weight is 305 g/mol. The lowest BCUT2D eigenvalue weighted by molar-refractivity contribution is 0.174. The number of aromatic nitrogens is 1. The summed E-state index contributed by atoms with van der Waals surface area (Å²) in [5, 5.41) is 4.63. The van der Waals surface area contributed by atoms with Crippen molar-refractivity contribution in [1.82, 2.24) is 15.2 Å². The van der Waals surface area contributed by atoms with Gasteiger partial charge in [0.05, 0.1) is 6.61 Å². The van der Waals surface area contributed by atoms with Gasteiger partial charge in [-0.25, -0.2) is 0 Å². The van der Waals surface area contributed by atoms with E-state index in [1.165, 1.54) is 0 Å². The van der Waals surface area contributed by atoms with Gasteiger partial charge in [-0.05, 0) is 23.8 Å². The number of rotatable bonds is 5. The molecule has 0 fully saturated rings. The van der Waals surface area contributed by atoms with Crippen molar-refractivity contribution < 1.29 is 4.74 Å². The van der Waals surface area contributed by atoms with Gasteiger partial charge in [0.25, 0.3) is 0 Å². The summed E-state index contributed by atoms with van der Waals surface area (Å²) in [6, 6.07) is 9.39. The Morgan fingerprint density at radius 1 is 1.43 bits per heavy atom. The van der Waals surface area contributed by atoms with Crippen molar-refractivity contribution >= 4 is 28.2 Å². The predicted molar refractivity (Wildman–Crippen MR) is 88.5 cm³/mol. The van der Waals surface area contributed by atoms with Crippen LogP contribution in [0.25, 0.3) is 10.9 Å². The smallest absolute Gasteiger partial charge is 0.248 e. The van der Waals surface area contributed by atoms with Crippen LogP contribution in [0.1, 0.15) is 5.56 Å². The van der Waals surface area contributed by atoms with Crippen molar-refractivity contribution in [3.8, 4) is 0 Å². The van der Waals surface area contributed by atoms with Gasteiger partial charge in [-0.15, -0.1) is 0 Å². The predicted octanol–water partition coefficient (Wildman–Crippen LogP) is 1.48. The highest BCUT2D eigenvalue weighted by Gasteiger charge is 2.11. The Morgan fingerprint density at radius 2 is 2.19 bits per heavy atom. The molecule has 5 nitrogen and oxygen atoms in total. The number of benzene rings is 1. The first-order valence-electron chi connectivity index (χ1n) is 6.72. The van der Waals surface area contributed by atoms with Gasteiger partial charge in [-0.2, -0.15) is 0 Å². The summed E-state index contributed by atoms with van der Waals surface area (Å²) in [4.78, 5) is 16.6. The first-order valence-corrected chi connectivity index (χ1v) is 7.13. The number of hydrogen-bond acceptors (Lipinski definition) is 3. The van der Waals surface area contributed by atoms with Crippen molar-refractivity contribution in [3.05, 3.63) is 46.2 Å². The molecule has 0 saturated heterocycles. The number of hydrogen-bond donors (Lipinski definition) is 2. The summed E-state index contributed by atoms with van der Waals surface area (Å²) in [7, 11) is 3.45. The molecule has 0 unspecified atom stereocenters. The highest BCUT2D eigenvalue weighted by molar-refractivity contribution is 7.80. The number of methoxy groups -OCH3 is 1. The Balaban J connectivity index is 2.35. The summed E-state index contributed by atoms with van der Waals surface area (Å²) in [5.41, 5.74) is 1.68. The number of ether oxygens (including phenoxy) is 1. The van der Waals surface area contributed by atoms with E-state index in [4.69, 9.17) is 17.0 Å². The molecule has 0 atom stereocenters. The summed E-state index contributed by atoms with van der Waals surface area (Å²) in [6.07, 6.45) is 0. The fraction of sp³-hybridized carbons (Fsp3) is 0.333. The van der Waals surface area contributed by atoms with E-state index >= 15 is 0 Å². The van der Waals surface area contributed by atoms with Crippen molar-refractivity contribution in [2.75, 3.05) is 27.3 Å². The molecule has 1 aromatic carbocycles. The zero-order valence-corrected chi connectivity index (χ0v) is 13.0. The van der Waals surface area contributed by atoms with E-state index in [0.717, 1.165) is 16.5 Å². The topological polar surface area (TPSA) is 57.4 Å². The Hall–Kier alpha value is -1.92. The van der Waals surface area contributed by atoms with Gasteiger partial charge in [0.2, 0.25) is 5.56 Å². The minimum atomic E-state index is -0.106. The third-order valence-electron chi connectivity index (χ3n) is 3.26. The molecule has 1 heterocycles. The Labute approximate surface area is 128 Å². The molecule has 112 valence electrons. The second-order valence-electron chi connectivity index (χ2n) is 4.67. The molecule has 0 aliphatic carbocycles. The van der Waals surface area contributed by atoms with E-state index in [2.05, 4.69) is 10.3 Å². The van der Waals surface area contributed by atoms with E-state index < -0.39 is 0 Å². The van der Waals surface area contributed by atoms with Crippen molar-refractivity contribution in [2.45, 2.75) is 6.54 Å². The van der Waals surface area contributed by atoms with Crippen molar-refractivity contribution in [1.29, 1.82) is 0 Å². The number of para-hydroxylation sites is 1. The third kappa shape index (κ3) is 3.80. The molecule has 2 rings (SSSR count). The fourth-order valence-corrected chi connectivity index (χ4v) is 2.38. The molecule has 1 aromatic heterocycles. The van der Waals surface area contributed by atoms with Crippen LogP contribution in [0.3, 0.4) is 0 Å². The van der Waals surface area contributed by atoms with E-state index in [-0.39, 0.29) is 5.56 Å². The maximum Gasteiger partial charge on any atom is 0.248 e. The highest BCUT2D eigenvalue weighted by atomic mass is 32.1. The number of pyridine rings is 1. The molecular formula is C15H19N3O2S. The van der Waals surface area contributed by atoms with E-state index in [1.54, 1.807) is 20.2 Å². The number of H-pyrrole nitrogens is 1. The van der Waals surface area contributed by atoms with Crippen LogP contribution in [0.2, 0.25) is 0 Å². The van der Waals surface area contributed by atoms with Gasteiger partial charge in [0.1, 0.15) is 0 Å². The molecule has 21 heavy (non-hydrogen) atoms. The number of fused-ring (bicyclic) bond motifs is 1. The Morgan fingerprint density at radius 3 is 2.90 bits per heavy atom. The normalized spacial score (nSPS) is 10.6. The first kappa shape index (κ1) is 15.5. The summed E-state index contributed by atoms with van der Waals surface area (Å²) in [5.74, 6) is 0. The number of thiocarbonyl (C=S) groups is 1. The van der Waals surface area contributed by atoms with E-state index in [1.807, 2.05) is 29.2 Å². The fourth-order valence-electron chi connectivity index (χ4n) is 2.23. The monoisotopic (exact) mass is 305 g/mol. The van der Waals surface area contributed by atoms with Gasteiger partial charge in [0, 0.05) is 44.2 Å². The van der Waals surface area contributed by atoms with Crippen molar-refractivity contribution in [2.24, 2.45) is 0 Å². The lowest BCUT2D eigenvalue weighted by Gasteiger charge is -2.25. The van der Waals surface area contributed by atoms with Crippen LogP contribution in [0.5, 0.6) is 0 Å². The third-order valence-corrected chi connectivity index (χ3v) is 3.73. The van der Waals surface area contributed by atoms with Crippen molar-refractivity contribution in [3.63, 3.8) is 0 Å². The molecule has 0 aliphatic heterocycles. The zero-order valence-electron chi connectivity index (χ0n) is 12.2. The largest absolute Gasteiger partial charge is 0.383 e. The maximum absolute atomic E-state index is 11.8. The first-order chi connectivity index (χ1) is 10.2. The molecule has 0 bridgehead atoms. The molecular weight excluding hydrogens is 286 g/mol. The standard InChI is InChI=1S/C15H19N3O2S/c1-16-15(21)18(7-8-20-2)10-11-9-14(19)17-13-6-4-3-5-12(11)13/h3-6,9H,7-8,10H2,1-2H3,(H,16,21)(H,17,19). The summed E-state index contributed by atoms with van der Waals surface area (Å²) >= 11 is 5.32. The quantitative estimate of drug-likeness (QED) is 0.820. The Bertz CT molecular complexity index is 684. The van der Waals surface area contributed by atoms with Gasteiger partial charge in [-0.3, -0.25) is 4.79 Å². The SMILES string of the molecule is CNC(=S)N(CCOC)Cc1cc(=O)[nH]c2ccccc12. The lowest BCUT2D eigenvalue weighted by Crippen LogP contribution is -2.39. The van der Waals surface area contributed by atoms with Crippen LogP contribution in [0, 0.1) is 0 Å². The molecule has 0 radical (unpaired) electrons. The minimum absolute atomic E-state index is 0.106. The number of nitrogens with zero attached hydrogens (tertiary/aromatic N) is 1. The average Bonchev–Trinajstić information content (AvgIpc) is 2.50. The number of nitrogens with one attached hydrogen (secondary N) is 2. The minimum Gasteiger partial charge on any atom is -0.383 e. The van der Waals surface area contributed by atoms with Gasteiger partial charge in [-0.1, -0.05) is 18.2 Å². The Kier molecular flexibility index (Phi) is 5.30. The van der Waals surface area contributed by atoms with Crippen LogP contribution in [-0.4, -0.2) is 42.3 Å². The molecule has 2 aromatic rings. The molecule has 2 N–H and O–H groups in total. The molecule has 0 amide bonds. The van der Waals surface area contributed by atoms with Gasteiger partial charge >= 0.3 is 0 Å². The van der Waals surface area contributed by atoms with Crippen LogP contribution in [-0.2, 0) is 11.3 Å². The molecule has 0 spiro atoms. The lowest BCUT2D eigenvalue weighted by atomic mass is 10.1. The van der Waals surface area contributed by atoms with E-state index in [9.17, 15) is 4.79 Å². The van der Waals surface area contributed by atoms with E-state index in [0.29, 0.717) is 24.8 Å². The van der Waals surface area contributed by atoms with Crippen LogP contribution in [0.4, 0.5) is 0 Å². The maximum atomic E-state index is 11.8. The highest BCUT2D eigenvalue weighted by Crippen LogP contribution is 2.16. The summed E-state index contributed by atoms with van der Waals surface area (Å²) in [6.45, 7) is 1.80.